The Labute approximate surface area is 99.8 Å². The third kappa shape index (κ3) is 2.23. The second-order valence-corrected chi connectivity index (χ2v) is 4.40. The lowest BCUT2D eigenvalue weighted by atomic mass is 10.1. The molecule has 16 heavy (non-hydrogen) atoms. The fourth-order valence-electron chi connectivity index (χ4n) is 1.90. The van der Waals surface area contributed by atoms with Crippen LogP contribution in [-0.4, -0.2) is 16.5 Å². The van der Waals surface area contributed by atoms with Gasteiger partial charge in [-0.05, 0) is 36.2 Å². The highest BCUT2D eigenvalue weighted by molar-refractivity contribution is 7.80. The van der Waals surface area contributed by atoms with Crippen molar-refractivity contribution < 1.29 is 0 Å². The zero-order valence-electron chi connectivity index (χ0n) is 8.99. The highest BCUT2D eigenvalue weighted by Crippen LogP contribution is 2.20. The average Bonchev–Trinajstić information content (AvgIpc) is 2.61. The Balaban J connectivity index is 2.41. The van der Waals surface area contributed by atoms with E-state index in [0.717, 1.165) is 17.5 Å². The number of aromatic nitrogens is 1. The molecule has 2 rings (SSSR count). The van der Waals surface area contributed by atoms with E-state index in [-0.39, 0.29) is 0 Å². The molecule has 0 bridgehead atoms. The maximum atomic E-state index is 5.57. The van der Waals surface area contributed by atoms with E-state index in [4.69, 9.17) is 23.7 Å². The quantitative estimate of drug-likeness (QED) is 0.701. The zero-order chi connectivity index (χ0) is 11.5. The van der Waals surface area contributed by atoms with E-state index in [1.807, 2.05) is 12.3 Å². The number of nitrogens with one attached hydrogen (secondary N) is 1. The van der Waals surface area contributed by atoms with Crippen molar-refractivity contribution in [3.63, 3.8) is 0 Å². The predicted octanol–water partition coefficient (Wildman–Crippen LogP) is 1.50. The standard InChI is InChI=1S/C12H15N3S/c13-4-3-9-7-15-11-2-1-8(5-10(9)11)6-12(14)16/h1-2,5,7,15H,3-4,6,13H2,(H2,14,16). The minimum atomic E-state index is 0.523. The first-order valence-electron chi connectivity index (χ1n) is 5.28. The normalized spacial score (nSPS) is 10.8. The highest BCUT2D eigenvalue weighted by Gasteiger charge is 2.04. The van der Waals surface area contributed by atoms with Gasteiger partial charge in [-0.3, -0.25) is 0 Å². The molecule has 84 valence electrons. The molecule has 0 saturated carbocycles. The van der Waals surface area contributed by atoms with Crippen LogP contribution in [0.3, 0.4) is 0 Å². The summed E-state index contributed by atoms with van der Waals surface area (Å²) in [7, 11) is 0. The van der Waals surface area contributed by atoms with Crippen LogP contribution in [0.15, 0.2) is 24.4 Å². The van der Waals surface area contributed by atoms with E-state index in [2.05, 4.69) is 17.1 Å². The molecule has 0 fully saturated rings. The third-order valence-corrected chi connectivity index (χ3v) is 2.77. The van der Waals surface area contributed by atoms with E-state index >= 15 is 0 Å². The second kappa shape index (κ2) is 4.63. The maximum Gasteiger partial charge on any atom is 0.0771 e. The fourth-order valence-corrected chi connectivity index (χ4v) is 2.07. The Hall–Kier alpha value is -1.39. The summed E-state index contributed by atoms with van der Waals surface area (Å²) in [5, 5.41) is 1.22. The number of thiocarbonyl (C=S) groups is 1. The molecule has 0 unspecified atom stereocenters. The van der Waals surface area contributed by atoms with Crippen molar-refractivity contribution in [1.29, 1.82) is 0 Å². The molecule has 5 N–H and O–H groups in total. The van der Waals surface area contributed by atoms with Gasteiger partial charge in [-0.1, -0.05) is 18.3 Å². The van der Waals surface area contributed by atoms with Gasteiger partial charge in [0.1, 0.15) is 0 Å². The van der Waals surface area contributed by atoms with Gasteiger partial charge in [0.25, 0.3) is 0 Å². The zero-order valence-corrected chi connectivity index (χ0v) is 9.81. The summed E-state index contributed by atoms with van der Waals surface area (Å²) >= 11 is 4.91. The molecule has 4 heteroatoms. The van der Waals surface area contributed by atoms with E-state index in [1.165, 1.54) is 10.9 Å². The van der Waals surface area contributed by atoms with E-state index in [0.29, 0.717) is 18.0 Å². The van der Waals surface area contributed by atoms with E-state index in [9.17, 15) is 0 Å². The Morgan fingerprint density at radius 2 is 2.19 bits per heavy atom. The molecule has 0 saturated heterocycles. The van der Waals surface area contributed by atoms with Crippen LogP contribution in [-0.2, 0) is 12.8 Å². The smallest absolute Gasteiger partial charge is 0.0771 e. The number of hydrogen-bond acceptors (Lipinski definition) is 2. The molecular formula is C12H15N3S. The topological polar surface area (TPSA) is 67.8 Å². The highest BCUT2D eigenvalue weighted by atomic mass is 32.1. The fraction of sp³-hybridized carbons (Fsp3) is 0.250. The van der Waals surface area contributed by atoms with Crippen LogP contribution in [0.2, 0.25) is 0 Å². The van der Waals surface area contributed by atoms with Crippen molar-refractivity contribution in [3.05, 3.63) is 35.5 Å². The summed E-state index contributed by atoms with van der Waals surface area (Å²) in [6, 6.07) is 6.24. The number of H-pyrrole nitrogens is 1. The van der Waals surface area contributed by atoms with E-state index < -0.39 is 0 Å². The van der Waals surface area contributed by atoms with E-state index in [1.54, 1.807) is 0 Å². The molecular weight excluding hydrogens is 218 g/mol. The van der Waals surface area contributed by atoms with Crippen LogP contribution < -0.4 is 11.5 Å². The Bertz CT molecular complexity index is 516. The van der Waals surface area contributed by atoms with Crippen molar-refractivity contribution in [2.24, 2.45) is 11.5 Å². The van der Waals surface area contributed by atoms with Crippen LogP contribution in [0.1, 0.15) is 11.1 Å². The molecule has 1 heterocycles. The van der Waals surface area contributed by atoms with Gasteiger partial charge in [-0.15, -0.1) is 0 Å². The molecule has 1 aromatic heterocycles. The number of hydrogen-bond donors (Lipinski definition) is 3. The summed E-state index contributed by atoms with van der Waals surface area (Å²) in [5.41, 5.74) is 14.7. The van der Waals surface area contributed by atoms with Gasteiger partial charge < -0.3 is 16.5 Å². The van der Waals surface area contributed by atoms with Crippen molar-refractivity contribution in [1.82, 2.24) is 4.98 Å². The predicted molar refractivity (Wildman–Crippen MR) is 71.5 cm³/mol. The lowest BCUT2D eigenvalue weighted by molar-refractivity contribution is 0.976. The van der Waals surface area contributed by atoms with Crippen molar-refractivity contribution in [2.45, 2.75) is 12.8 Å². The third-order valence-electron chi connectivity index (χ3n) is 2.62. The van der Waals surface area contributed by atoms with Gasteiger partial charge in [-0.25, -0.2) is 0 Å². The minimum Gasteiger partial charge on any atom is -0.393 e. The number of rotatable bonds is 4. The van der Waals surface area contributed by atoms with Crippen molar-refractivity contribution >= 4 is 28.1 Å². The summed E-state index contributed by atoms with van der Waals surface area (Å²) in [4.78, 5) is 3.76. The molecule has 0 aliphatic rings. The maximum absolute atomic E-state index is 5.57. The Kier molecular flexibility index (Phi) is 3.22. The molecule has 3 nitrogen and oxygen atoms in total. The monoisotopic (exact) mass is 233 g/mol. The largest absolute Gasteiger partial charge is 0.393 e. The Morgan fingerprint density at radius 3 is 2.88 bits per heavy atom. The average molecular weight is 233 g/mol. The second-order valence-electron chi connectivity index (χ2n) is 3.88. The van der Waals surface area contributed by atoms with Crippen LogP contribution in [0.4, 0.5) is 0 Å². The molecule has 0 atom stereocenters. The van der Waals surface area contributed by atoms with Crippen LogP contribution >= 0.6 is 12.2 Å². The minimum absolute atomic E-state index is 0.523. The summed E-state index contributed by atoms with van der Waals surface area (Å²) in [6.45, 7) is 0.659. The number of aromatic amines is 1. The lowest BCUT2D eigenvalue weighted by Gasteiger charge is -2.01. The summed E-state index contributed by atoms with van der Waals surface area (Å²) < 4.78 is 0. The van der Waals surface area contributed by atoms with Crippen LogP contribution in [0.5, 0.6) is 0 Å². The van der Waals surface area contributed by atoms with Gasteiger partial charge in [0.2, 0.25) is 0 Å². The molecule has 0 spiro atoms. The lowest BCUT2D eigenvalue weighted by Crippen LogP contribution is -2.10. The van der Waals surface area contributed by atoms with Gasteiger partial charge in [-0.2, -0.15) is 0 Å². The molecule has 0 aliphatic heterocycles. The first kappa shape index (κ1) is 11.1. The van der Waals surface area contributed by atoms with Gasteiger partial charge >= 0.3 is 0 Å². The molecule has 0 amide bonds. The Morgan fingerprint density at radius 1 is 1.38 bits per heavy atom. The SMILES string of the molecule is NCCc1c[nH]c2ccc(CC(N)=S)cc12. The first-order valence-corrected chi connectivity index (χ1v) is 5.69. The van der Waals surface area contributed by atoms with Gasteiger partial charge in [0.15, 0.2) is 0 Å². The molecule has 2 aromatic rings. The number of benzene rings is 1. The summed E-state index contributed by atoms with van der Waals surface area (Å²) in [6.07, 6.45) is 3.55. The number of fused-ring (bicyclic) bond motifs is 1. The van der Waals surface area contributed by atoms with Crippen molar-refractivity contribution in [2.75, 3.05) is 6.54 Å². The molecule has 0 aliphatic carbocycles. The summed E-state index contributed by atoms with van der Waals surface area (Å²) in [5.74, 6) is 0. The first-order chi connectivity index (χ1) is 7.70. The number of nitrogens with two attached hydrogens (primary N) is 2. The van der Waals surface area contributed by atoms with Gasteiger partial charge in [0, 0.05) is 23.5 Å². The van der Waals surface area contributed by atoms with Crippen LogP contribution in [0.25, 0.3) is 10.9 Å². The van der Waals surface area contributed by atoms with Gasteiger partial charge in [0.05, 0.1) is 4.99 Å². The van der Waals surface area contributed by atoms with Crippen molar-refractivity contribution in [3.8, 4) is 0 Å². The molecule has 1 aromatic carbocycles. The molecule has 0 radical (unpaired) electrons. The van der Waals surface area contributed by atoms with Crippen LogP contribution in [0, 0.1) is 0 Å².